The average Bonchev–Trinajstić information content (AvgIpc) is 2.21. The summed E-state index contributed by atoms with van der Waals surface area (Å²) in [5, 5.41) is 11.9. The monoisotopic (exact) mass is 196 g/mol. The van der Waals surface area contributed by atoms with Crippen LogP contribution in [0.3, 0.4) is 0 Å². The lowest BCUT2D eigenvalue weighted by atomic mass is 10.1. The molecule has 0 aromatic heterocycles. The molecule has 0 radical (unpaired) electrons. The largest absolute Gasteiger partial charge is 0.382 e. The number of carbonyl (C=O) groups is 1. The molecule has 0 aliphatic carbocycles. The lowest BCUT2D eigenvalue weighted by Crippen LogP contribution is -2.46. The molecule has 4 heteroatoms. The minimum Gasteiger partial charge on any atom is -0.382 e. The predicted molar refractivity (Wildman–Crippen MR) is 55.3 cm³/mol. The second-order valence-electron chi connectivity index (χ2n) is 2.89. The summed E-state index contributed by atoms with van der Waals surface area (Å²) in [6.07, 6.45) is 6.23. The third-order valence-electron chi connectivity index (χ3n) is 1.72. The summed E-state index contributed by atoms with van der Waals surface area (Å²) < 4.78 is 0. The maximum absolute atomic E-state index is 11.2. The lowest BCUT2D eigenvalue weighted by molar-refractivity contribution is -0.130. The molecule has 0 aromatic carbocycles. The zero-order valence-corrected chi connectivity index (χ0v) is 8.07. The van der Waals surface area contributed by atoms with Crippen molar-refractivity contribution in [1.82, 2.24) is 5.32 Å². The topological polar surface area (TPSA) is 75.3 Å². The maximum Gasteiger partial charge on any atom is 0.250 e. The van der Waals surface area contributed by atoms with Gasteiger partial charge in [-0.15, -0.1) is 18.9 Å². The van der Waals surface area contributed by atoms with Crippen LogP contribution in [0.1, 0.15) is 12.8 Å². The molecule has 0 aliphatic rings. The number of terminal acetylenes is 1. The highest BCUT2D eigenvalue weighted by Gasteiger charge is 2.21. The van der Waals surface area contributed by atoms with Gasteiger partial charge >= 0.3 is 0 Å². The van der Waals surface area contributed by atoms with Gasteiger partial charge in [-0.2, -0.15) is 0 Å². The molecule has 0 bridgehead atoms. The summed E-state index contributed by atoms with van der Waals surface area (Å²) in [5.74, 6) is 1.91. The van der Waals surface area contributed by atoms with E-state index >= 15 is 0 Å². The SMILES string of the molecule is C#CCC[C@H](N)[C@H](O)C(=O)NCC=C. The van der Waals surface area contributed by atoms with Gasteiger partial charge in [0.05, 0.1) is 0 Å². The average molecular weight is 196 g/mol. The molecule has 0 aliphatic heterocycles. The summed E-state index contributed by atoms with van der Waals surface area (Å²) in [6, 6.07) is -0.615. The number of carbonyl (C=O) groups excluding carboxylic acids is 1. The summed E-state index contributed by atoms with van der Waals surface area (Å²) >= 11 is 0. The molecular formula is C10H16N2O2. The van der Waals surface area contributed by atoms with Crippen molar-refractivity contribution in [3.05, 3.63) is 12.7 Å². The van der Waals surface area contributed by atoms with Crippen molar-refractivity contribution in [3.8, 4) is 12.3 Å². The Morgan fingerprint density at radius 2 is 2.43 bits per heavy atom. The zero-order valence-electron chi connectivity index (χ0n) is 8.07. The Hall–Kier alpha value is -1.31. The number of aliphatic hydroxyl groups excluding tert-OH is 1. The van der Waals surface area contributed by atoms with E-state index in [0.29, 0.717) is 19.4 Å². The number of amides is 1. The van der Waals surface area contributed by atoms with Crippen LogP contribution in [0.2, 0.25) is 0 Å². The number of nitrogens with one attached hydrogen (secondary N) is 1. The fraction of sp³-hybridized carbons (Fsp3) is 0.500. The van der Waals surface area contributed by atoms with Gasteiger partial charge in [0.25, 0.3) is 5.91 Å². The van der Waals surface area contributed by atoms with Crippen molar-refractivity contribution in [2.45, 2.75) is 25.0 Å². The lowest BCUT2D eigenvalue weighted by Gasteiger charge is -2.16. The van der Waals surface area contributed by atoms with Gasteiger partial charge in [0.1, 0.15) is 6.10 Å². The van der Waals surface area contributed by atoms with Crippen LogP contribution in [0, 0.1) is 12.3 Å². The first kappa shape index (κ1) is 12.7. The summed E-state index contributed by atoms with van der Waals surface area (Å²) in [5.41, 5.74) is 5.54. The molecule has 0 unspecified atom stereocenters. The molecule has 0 saturated heterocycles. The Morgan fingerprint density at radius 1 is 1.79 bits per heavy atom. The van der Waals surface area contributed by atoms with E-state index in [1.165, 1.54) is 6.08 Å². The van der Waals surface area contributed by atoms with E-state index in [-0.39, 0.29) is 0 Å². The quantitative estimate of drug-likeness (QED) is 0.392. The van der Waals surface area contributed by atoms with Crippen molar-refractivity contribution in [2.75, 3.05) is 6.54 Å². The molecule has 0 saturated carbocycles. The van der Waals surface area contributed by atoms with Gasteiger partial charge in [-0.05, 0) is 6.42 Å². The first-order valence-corrected chi connectivity index (χ1v) is 4.39. The molecule has 0 aromatic rings. The fourth-order valence-corrected chi connectivity index (χ4v) is 0.880. The van der Waals surface area contributed by atoms with E-state index < -0.39 is 18.1 Å². The highest BCUT2D eigenvalue weighted by molar-refractivity contribution is 5.81. The number of rotatable bonds is 6. The van der Waals surface area contributed by atoms with Gasteiger partial charge in [-0.3, -0.25) is 4.79 Å². The molecule has 0 fully saturated rings. The van der Waals surface area contributed by atoms with Crippen molar-refractivity contribution in [3.63, 3.8) is 0 Å². The van der Waals surface area contributed by atoms with Gasteiger partial charge in [-0.1, -0.05) is 6.08 Å². The molecule has 78 valence electrons. The molecule has 4 N–H and O–H groups in total. The van der Waals surface area contributed by atoms with Crippen LogP contribution in [0.25, 0.3) is 0 Å². The Balaban J connectivity index is 3.91. The van der Waals surface area contributed by atoms with Crippen LogP contribution in [-0.2, 0) is 4.79 Å². The molecule has 14 heavy (non-hydrogen) atoms. The van der Waals surface area contributed by atoms with E-state index in [4.69, 9.17) is 12.2 Å². The van der Waals surface area contributed by atoms with Gasteiger partial charge in [0, 0.05) is 19.0 Å². The standard InChI is InChI=1S/C10H16N2O2/c1-3-5-6-8(11)9(13)10(14)12-7-4-2/h1,4,8-9,13H,2,5-7,11H2,(H,12,14)/t8-,9-/m0/s1. The molecule has 4 nitrogen and oxygen atoms in total. The van der Waals surface area contributed by atoms with Crippen LogP contribution in [0.5, 0.6) is 0 Å². The van der Waals surface area contributed by atoms with Gasteiger partial charge < -0.3 is 16.2 Å². The fourth-order valence-electron chi connectivity index (χ4n) is 0.880. The summed E-state index contributed by atoms with van der Waals surface area (Å²) in [6.45, 7) is 3.75. The minimum absolute atomic E-state index is 0.317. The number of hydrogen-bond donors (Lipinski definition) is 3. The molecule has 2 atom stereocenters. The second kappa shape index (κ2) is 7.13. The highest BCUT2D eigenvalue weighted by Crippen LogP contribution is 1.99. The van der Waals surface area contributed by atoms with Crippen molar-refractivity contribution in [2.24, 2.45) is 5.73 Å². The Labute approximate surface area is 84.2 Å². The highest BCUT2D eigenvalue weighted by atomic mass is 16.3. The Kier molecular flexibility index (Phi) is 6.46. The minimum atomic E-state index is -1.21. The number of hydrogen-bond acceptors (Lipinski definition) is 3. The van der Waals surface area contributed by atoms with E-state index in [9.17, 15) is 9.90 Å². The first-order valence-electron chi connectivity index (χ1n) is 4.39. The van der Waals surface area contributed by atoms with Crippen LogP contribution in [0.15, 0.2) is 12.7 Å². The van der Waals surface area contributed by atoms with E-state index in [1.807, 2.05) is 0 Å². The third kappa shape index (κ3) is 4.65. The van der Waals surface area contributed by atoms with Gasteiger partial charge in [0.2, 0.25) is 0 Å². The van der Waals surface area contributed by atoms with Crippen LogP contribution < -0.4 is 11.1 Å². The van der Waals surface area contributed by atoms with E-state index in [2.05, 4.69) is 17.8 Å². The van der Waals surface area contributed by atoms with Gasteiger partial charge in [0.15, 0.2) is 0 Å². The number of aliphatic hydroxyl groups is 1. The third-order valence-corrected chi connectivity index (χ3v) is 1.72. The normalized spacial score (nSPS) is 13.8. The molecule has 0 rings (SSSR count). The Morgan fingerprint density at radius 3 is 2.93 bits per heavy atom. The molecule has 1 amide bonds. The smallest absolute Gasteiger partial charge is 0.250 e. The van der Waals surface area contributed by atoms with Crippen LogP contribution in [-0.4, -0.2) is 29.7 Å². The van der Waals surface area contributed by atoms with E-state index in [0.717, 1.165) is 0 Å². The predicted octanol–water partition coefficient (Wildman–Crippen LogP) is -0.610. The van der Waals surface area contributed by atoms with Crippen LogP contribution in [0.4, 0.5) is 0 Å². The second-order valence-corrected chi connectivity index (χ2v) is 2.89. The Bertz CT molecular complexity index is 233. The molecular weight excluding hydrogens is 180 g/mol. The first-order chi connectivity index (χ1) is 6.63. The van der Waals surface area contributed by atoms with Crippen molar-refractivity contribution >= 4 is 5.91 Å². The summed E-state index contributed by atoms with van der Waals surface area (Å²) in [4.78, 5) is 11.2. The maximum atomic E-state index is 11.2. The van der Waals surface area contributed by atoms with Crippen molar-refractivity contribution < 1.29 is 9.90 Å². The molecule has 0 spiro atoms. The summed E-state index contributed by atoms with van der Waals surface area (Å²) in [7, 11) is 0. The van der Waals surface area contributed by atoms with Gasteiger partial charge in [-0.25, -0.2) is 0 Å². The van der Waals surface area contributed by atoms with E-state index in [1.54, 1.807) is 0 Å². The molecule has 0 heterocycles. The zero-order chi connectivity index (χ0) is 11.0. The van der Waals surface area contributed by atoms with Crippen molar-refractivity contribution in [1.29, 1.82) is 0 Å². The van der Waals surface area contributed by atoms with Crippen LogP contribution >= 0.6 is 0 Å². The number of nitrogens with two attached hydrogens (primary N) is 1.